The largest absolute Gasteiger partial charge is 0.491 e. The number of aromatic nitrogens is 3. The molecule has 1 aliphatic heterocycles. The number of nitrogens with zero attached hydrogens (tertiary/aromatic N) is 3. The zero-order valence-corrected chi connectivity index (χ0v) is 17.2. The Labute approximate surface area is 180 Å². The van der Waals surface area contributed by atoms with Crippen LogP contribution < -0.4 is 14.8 Å². The third-order valence-electron chi connectivity index (χ3n) is 5.81. The van der Waals surface area contributed by atoms with Crippen molar-refractivity contribution < 1.29 is 14.3 Å². The number of rotatable bonds is 5. The van der Waals surface area contributed by atoms with E-state index in [-0.39, 0.29) is 18.1 Å². The van der Waals surface area contributed by atoms with Crippen molar-refractivity contribution in [3.8, 4) is 22.9 Å². The van der Waals surface area contributed by atoms with E-state index >= 15 is 0 Å². The van der Waals surface area contributed by atoms with Crippen LogP contribution >= 0.6 is 0 Å². The molecule has 158 valence electrons. The smallest absolute Gasteiger partial charge is 0.316 e. The maximum atomic E-state index is 12.7. The van der Waals surface area contributed by atoms with E-state index in [0.717, 1.165) is 35.3 Å². The molecule has 1 N–H and O–H groups in total. The summed E-state index contributed by atoms with van der Waals surface area (Å²) in [5.41, 5.74) is 3.66. The molecule has 2 aliphatic rings. The zero-order chi connectivity index (χ0) is 21.0. The number of benzene rings is 1. The summed E-state index contributed by atoms with van der Waals surface area (Å²) in [5, 5.41) is 3.05. The fourth-order valence-electron chi connectivity index (χ4n) is 4.22. The van der Waals surface area contributed by atoms with E-state index < -0.39 is 0 Å². The monoisotopic (exact) mass is 416 g/mol. The van der Waals surface area contributed by atoms with Gasteiger partial charge in [-0.25, -0.2) is 9.97 Å². The van der Waals surface area contributed by atoms with Gasteiger partial charge in [-0.2, -0.15) is 0 Å². The lowest BCUT2D eigenvalue weighted by molar-refractivity contribution is 0.0914. The van der Waals surface area contributed by atoms with Crippen LogP contribution in [0.5, 0.6) is 11.8 Å². The Morgan fingerprint density at radius 2 is 1.84 bits per heavy atom. The lowest BCUT2D eigenvalue weighted by Crippen LogP contribution is -2.43. The molecule has 0 unspecified atom stereocenters. The highest BCUT2D eigenvalue weighted by Gasteiger charge is 2.25. The molecular formula is C24H24N4O3. The minimum atomic E-state index is -0.217. The fraction of sp³-hybridized carbons (Fsp3) is 0.333. The number of hydrogen-bond acceptors (Lipinski definition) is 6. The minimum Gasteiger partial charge on any atom is -0.491 e. The third kappa shape index (κ3) is 4.35. The van der Waals surface area contributed by atoms with Crippen molar-refractivity contribution in [2.45, 2.75) is 44.2 Å². The van der Waals surface area contributed by atoms with Gasteiger partial charge in [0.25, 0.3) is 5.91 Å². The maximum Gasteiger partial charge on any atom is 0.316 e. The molecule has 0 spiro atoms. The first kappa shape index (κ1) is 19.5. The lowest BCUT2D eigenvalue weighted by atomic mass is 9.93. The van der Waals surface area contributed by atoms with Gasteiger partial charge in [-0.15, -0.1) is 0 Å². The number of hydrogen-bond donors (Lipinski definition) is 1. The second kappa shape index (κ2) is 8.71. The van der Waals surface area contributed by atoms with E-state index in [1.807, 2.05) is 24.3 Å². The molecule has 31 heavy (non-hydrogen) atoms. The van der Waals surface area contributed by atoms with Gasteiger partial charge in [0.05, 0.1) is 11.6 Å². The van der Waals surface area contributed by atoms with Crippen LogP contribution in [0.2, 0.25) is 0 Å². The Morgan fingerprint density at radius 1 is 1.06 bits per heavy atom. The Morgan fingerprint density at radius 3 is 2.61 bits per heavy atom. The van der Waals surface area contributed by atoms with Gasteiger partial charge in [-0.3, -0.25) is 9.78 Å². The first-order chi connectivity index (χ1) is 15.3. The summed E-state index contributed by atoms with van der Waals surface area (Å²) in [6.07, 6.45) is 11.9. The molecule has 0 saturated heterocycles. The van der Waals surface area contributed by atoms with Crippen molar-refractivity contribution in [2.24, 2.45) is 0 Å². The molecule has 1 aliphatic carbocycles. The summed E-state index contributed by atoms with van der Waals surface area (Å²) in [4.78, 5) is 25.3. The van der Waals surface area contributed by atoms with Crippen LogP contribution in [0.25, 0.3) is 11.1 Å². The lowest BCUT2D eigenvalue weighted by Gasteiger charge is -2.28. The average Bonchev–Trinajstić information content (AvgIpc) is 3.33. The van der Waals surface area contributed by atoms with Crippen LogP contribution in [-0.4, -0.2) is 39.6 Å². The van der Waals surface area contributed by atoms with Gasteiger partial charge in [-0.05, 0) is 55.0 Å². The maximum absolute atomic E-state index is 12.7. The summed E-state index contributed by atoms with van der Waals surface area (Å²) < 4.78 is 11.7. The number of ether oxygens (including phenoxy) is 2. The van der Waals surface area contributed by atoms with Crippen molar-refractivity contribution in [1.29, 1.82) is 0 Å². The molecule has 5 rings (SSSR count). The fourth-order valence-corrected chi connectivity index (χ4v) is 4.22. The third-order valence-corrected chi connectivity index (χ3v) is 5.81. The average molecular weight is 416 g/mol. The highest BCUT2D eigenvalue weighted by Crippen LogP contribution is 2.34. The predicted octanol–water partition coefficient (Wildman–Crippen LogP) is 3.59. The summed E-state index contributed by atoms with van der Waals surface area (Å²) in [6, 6.07) is 10.2. The Hall–Kier alpha value is -3.48. The van der Waals surface area contributed by atoms with Gasteiger partial charge in [0.15, 0.2) is 0 Å². The van der Waals surface area contributed by atoms with Crippen LogP contribution in [-0.2, 0) is 6.42 Å². The molecule has 1 fully saturated rings. The van der Waals surface area contributed by atoms with E-state index in [1.54, 1.807) is 12.4 Å². The van der Waals surface area contributed by atoms with Crippen molar-refractivity contribution >= 4 is 5.91 Å². The molecule has 1 amide bonds. The molecular weight excluding hydrogens is 392 g/mol. The van der Waals surface area contributed by atoms with Crippen molar-refractivity contribution in [3.05, 3.63) is 66.2 Å². The molecule has 2 aromatic heterocycles. The normalized spacial score (nSPS) is 18.1. The summed E-state index contributed by atoms with van der Waals surface area (Å²) in [7, 11) is 0. The number of fused-ring (bicyclic) bond motifs is 1. The number of carbonyl (C=O) groups is 1. The van der Waals surface area contributed by atoms with E-state index in [2.05, 4.69) is 26.3 Å². The standard InChI is InChI=1S/C24H24N4O3/c29-23(17-13-26-24(27-14-17)31-19-4-1-2-5-19)28-18-12-21-20(16-8-10-25-11-9-16)6-3-7-22(21)30-15-18/h3,6-11,13-14,18-19H,1-2,4-5,12,15H2,(H,28,29)/t18-/m0/s1. The Kier molecular flexibility index (Phi) is 5.48. The first-order valence-corrected chi connectivity index (χ1v) is 10.7. The number of carbonyl (C=O) groups excluding carboxylic acids is 1. The molecule has 3 heterocycles. The first-order valence-electron chi connectivity index (χ1n) is 10.7. The van der Waals surface area contributed by atoms with Gasteiger partial charge >= 0.3 is 6.01 Å². The van der Waals surface area contributed by atoms with Crippen molar-refractivity contribution in [1.82, 2.24) is 20.3 Å². The second-order valence-electron chi connectivity index (χ2n) is 7.98. The molecule has 0 bridgehead atoms. The molecule has 3 aromatic rings. The van der Waals surface area contributed by atoms with E-state index in [9.17, 15) is 4.79 Å². The molecule has 7 heteroatoms. The molecule has 7 nitrogen and oxygen atoms in total. The van der Waals surface area contributed by atoms with Gasteiger partial charge in [0.2, 0.25) is 0 Å². The molecule has 1 atom stereocenters. The van der Waals surface area contributed by atoms with Gasteiger partial charge in [0, 0.05) is 36.8 Å². The van der Waals surface area contributed by atoms with Crippen LogP contribution in [0.15, 0.2) is 55.1 Å². The van der Waals surface area contributed by atoms with Crippen LogP contribution in [0.1, 0.15) is 41.6 Å². The van der Waals surface area contributed by atoms with E-state index in [0.29, 0.717) is 24.6 Å². The zero-order valence-electron chi connectivity index (χ0n) is 17.2. The highest BCUT2D eigenvalue weighted by molar-refractivity contribution is 5.93. The number of nitrogens with one attached hydrogen (secondary N) is 1. The predicted molar refractivity (Wildman–Crippen MR) is 115 cm³/mol. The van der Waals surface area contributed by atoms with Crippen molar-refractivity contribution in [3.63, 3.8) is 0 Å². The van der Waals surface area contributed by atoms with Crippen LogP contribution in [0.4, 0.5) is 0 Å². The van der Waals surface area contributed by atoms with Crippen molar-refractivity contribution in [2.75, 3.05) is 6.61 Å². The van der Waals surface area contributed by atoms with Gasteiger partial charge in [0.1, 0.15) is 18.5 Å². The molecule has 1 saturated carbocycles. The topological polar surface area (TPSA) is 86.2 Å². The Balaban J connectivity index is 1.26. The van der Waals surface area contributed by atoms with Crippen LogP contribution in [0, 0.1) is 0 Å². The van der Waals surface area contributed by atoms with Gasteiger partial charge < -0.3 is 14.8 Å². The number of pyridine rings is 1. The van der Waals surface area contributed by atoms with E-state index in [4.69, 9.17) is 9.47 Å². The number of amides is 1. The summed E-state index contributed by atoms with van der Waals surface area (Å²) in [6.45, 7) is 0.419. The SMILES string of the molecule is O=C(N[C@@H]1COc2cccc(-c3ccncc3)c2C1)c1cnc(OC2CCCC2)nc1. The Bertz CT molecular complexity index is 1050. The summed E-state index contributed by atoms with van der Waals surface area (Å²) in [5.74, 6) is 0.641. The summed E-state index contributed by atoms with van der Waals surface area (Å²) >= 11 is 0. The molecule has 1 aromatic carbocycles. The van der Waals surface area contributed by atoms with Gasteiger partial charge in [-0.1, -0.05) is 12.1 Å². The van der Waals surface area contributed by atoms with E-state index in [1.165, 1.54) is 25.2 Å². The quantitative estimate of drug-likeness (QED) is 0.684. The second-order valence-corrected chi connectivity index (χ2v) is 7.98. The van der Waals surface area contributed by atoms with Crippen LogP contribution in [0.3, 0.4) is 0 Å². The minimum absolute atomic E-state index is 0.141. The molecule has 0 radical (unpaired) electrons. The highest BCUT2D eigenvalue weighted by atomic mass is 16.5.